The Balaban J connectivity index is 4.04. The van der Waals surface area contributed by atoms with Crippen LogP contribution in [0.4, 0.5) is 0 Å². The first-order valence-electron chi connectivity index (χ1n) is 31.7. The standard InChI is InChI=1S/C64H126O22/c1-43(2)64(66)86-42-63(22)85-41-62(21)84-40-61(20)83-39-60(19)82-38-59(18)81-37-58(17)80-36-57(16)79-35-56(15)78-34-55(14)77-33-54(13)76-32-53(12)75-31-52(11)74-30-51(10)73-29-50(9)72-28-49(8)71-27-48(7)70-26-47(6)69-25-46(5)68-24-45(4)67-23-44(3)65/h44-63,65H,1,23-42H2,2-22H3. The first-order chi connectivity index (χ1) is 40.5. The highest BCUT2D eigenvalue weighted by Gasteiger charge is 2.20. The quantitative estimate of drug-likeness (QED) is 0.0448. The number of hydrogen-bond donors (Lipinski definition) is 1. The molecule has 0 saturated carbocycles. The summed E-state index contributed by atoms with van der Waals surface area (Å²) in [6.45, 7) is 52.2. The minimum Gasteiger partial charge on any atom is -0.460 e. The summed E-state index contributed by atoms with van der Waals surface area (Å²) in [6.07, 6.45) is -2.89. The Morgan fingerprint density at radius 3 is 0.442 bits per heavy atom. The zero-order valence-corrected chi connectivity index (χ0v) is 57.4. The van der Waals surface area contributed by atoms with Crippen molar-refractivity contribution in [2.75, 3.05) is 132 Å². The van der Waals surface area contributed by atoms with Crippen LogP contribution in [0.1, 0.15) is 145 Å². The Hall–Kier alpha value is -1.59. The molecule has 0 heterocycles. The molecule has 0 bridgehead atoms. The fraction of sp³-hybridized carbons (Fsp3) is 0.953. The molecule has 514 valence electrons. The van der Waals surface area contributed by atoms with E-state index >= 15 is 0 Å². The topological polar surface area (TPSA) is 222 Å². The first-order valence-corrected chi connectivity index (χ1v) is 31.7. The maximum absolute atomic E-state index is 11.6. The predicted molar refractivity (Wildman–Crippen MR) is 330 cm³/mol. The monoisotopic (exact) mass is 1250 g/mol. The molecular formula is C64H126O22. The van der Waals surface area contributed by atoms with Crippen LogP contribution in [0.5, 0.6) is 0 Å². The molecule has 0 aromatic heterocycles. The van der Waals surface area contributed by atoms with E-state index in [-0.39, 0.29) is 129 Å². The Labute approximate surface area is 520 Å². The van der Waals surface area contributed by atoms with Crippen LogP contribution in [0, 0.1) is 0 Å². The van der Waals surface area contributed by atoms with Gasteiger partial charge >= 0.3 is 5.97 Å². The largest absolute Gasteiger partial charge is 0.460 e. The van der Waals surface area contributed by atoms with Gasteiger partial charge in [0.15, 0.2) is 0 Å². The molecule has 20 atom stereocenters. The Morgan fingerprint density at radius 2 is 0.337 bits per heavy atom. The van der Waals surface area contributed by atoms with Crippen LogP contribution in [0.3, 0.4) is 0 Å². The molecule has 0 rings (SSSR count). The van der Waals surface area contributed by atoms with E-state index in [4.69, 9.17) is 94.7 Å². The van der Waals surface area contributed by atoms with Crippen molar-refractivity contribution in [3.63, 3.8) is 0 Å². The fourth-order valence-corrected chi connectivity index (χ4v) is 6.93. The summed E-state index contributed by atoms with van der Waals surface area (Å²) in [5.41, 5.74) is 0.357. The van der Waals surface area contributed by atoms with Crippen LogP contribution in [-0.4, -0.2) is 265 Å². The zero-order valence-electron chi connectivity index (χ0n) is 57.4. The van der Waals surface area contributed by atoms with E-state index in [0.29, 0.717) is 124 Å². The van der Waals surface area contributed by atoms with E-state index < -0.39 is 12.1 Å². The van der Waals surface area contributed by atoms with Crippen molar-refractivity contribution in [2.24, 2.45) is 0 Å². The van der Waals surface area contributed by atoms with Gasteiger partial charge in [0, 0.05) is 5.57 Å². The molecular weight excluding hydrogens is 1120 g/mol. The molecule has 0 aromatic rings. The average Bonchev–Trinajstić information content (AvgIpc) is 3.49. The smallest absolute Gasteiger partial charge is 0.333 e. The molecule has 0 spiro atoms. The van der Waals surface area contributed by atoms with Crippen LogP contribution in [0.2, 0.25) is 0 Å². The van der Waals surface area contributed by atoms with E-state index in [1.54, 1.807) is 13.8 Å². The van der Waals surface area contributed by atoms with Gasteiger partial charge in [-0.05, 0) is 145 Å². The lowest BCUT2D eigenvalue weighted by Gasteiger charge is -2.24. The van der Waals surface area contributed by atoms with E-state index in [1.165, 1.54) is 0 Å². The van der Waals surface area contributed by atoms with Crippen LogP contribution >= 0.6 is 0 Å². The number of rotatable bonds is 60. The van der Waals surface area contributed by atoms with Crippen molar-refractivity contribution in [1.29, 1.82) is 0 Å². The number of aliphatic hydroxyl groups excluding tert-OH is 1. The average molecular weight is 1250 g/mol. The highest BCUT2D eigenvalue weighted by atomic mass is 16.6. The summed E-state index contributed by atoms with van der Waals surface area (Å²) in [6, 6.07) is 0. The molecule has 0 amide bonds. The molecule has 22 nitrogen and oxygen atoms in total. The molecule has 0 aromatic carbocycles. The van der Waals surface area contributed by atoms with E-state index in [2.05, 4.69) is 6.58 Å². The molecule has 1 N–H and O–H groups in total. The molecule has 0 aliphatic carbocycles. The highest BCUT2D eigenvalue weighted by Crippen LogP contribution is 2.11. The second kappa shape index (κ2) is 52.0. The predicted octanol–water partition coefficient (Wildman–Crippen LogP) is 8.18. The van der Waals surface area contributed by atoms with E-state index in [9.17, 15) is 9.90 Å². The third kappa shape index (κ3) is 52.1. The second-order valence-electron chi connectivity index (χ2n) is 24.0. The summed E-state index contributed by atoms with van der Waals surface area (Å²) in [4.78, 5) is 11.6. The third-order valence-corrected chi connectivity index (χ3v) is 12.5. The van der Waals surface area contributed by atoms with Crippen LogP contribution in [0.15, 0.2) is 12.2 Å². The summed E-state index contributed by atoms with van der Waals surface area (Å²) in [5, 5.41) is 9.37. The van der Waals surface area contributed by atoms with Gasteiger partial charge in [-0.2, -0.15) is 0 Å². The first kappa shape index (κ1) is 84.4. The number of ether oxygens (including phenoxy) is 20. The van der Waals surface area contributed by atoms with Gasteiger partial charge in [0.05, 0.1) is 248 Å². The number of carbonyl (C=O) groups is 1. The maximum atomic E-state index is 11.6. The summed E-state index contributed by atoms with van der Waals surface area (Å²) in [5.74, 6) is -0.427. The van der Waals surface area contributed by atoms with E-state index in [1.807, 2.05) is 132 Å². The van der Waals surface area contributed by atoms with Crippen molar-refractivity contribution in [2.45, 2.75) is 267 Å². The minimum atomic E-state index is -0.499. The van der Waals surface area contributed by atoms with Crippen LogP contribution in [0.25, 0.3) is 0 Å². The molecule has 20 unspecified atom stereocenters. The van der Waals surface area contributed by atoms with Crippen molar-refractivity contribution in [3.8, 4) is 0 Å². The molecule has 0 aliphatic rings. The van der Waals surface area contributed by atoms with Gasteiger partial charge in [-0.1, -0.05) is 6.58 Å². The second-order valence-corrected chi connectivity index (χ2v) is 24.0. The number of esters is 1. The van der Waals surface area contributed by atoms with Crippen molar-refractivity contribution < 1.29 is 105 Å². The lowest BCUT2D eigenvalue weighted by Crippen LogP contribution is -2.31. The van der Waals surface area contributed by atoms with Gasteiger partial charge in [0.2, 0.25) is 0 Å². The number of hydrogen-bond acceptors (Lipinski definition) is 22. The van der Waals surface area contributed by atoms with Gasteiger partial charge in [-0.25, -0.2) is 4.79 Å². The molecule has 0 aliphatic heterocycles. The van der Waals surface area contributed by atoms with Gasteiger partial charge in [0.1, 0.15) is 6.61 Å². The molecule has 0 fully saturated rings. The summed E-state index contributed by atoms with van der Waals surface area (Å²) in [7, 11) is 0. The molecule has 0 saturated heterocycles. The van der Waals surface area contributed by atoms with Crippen LogP contribution < -0.4 is 0 Å². The lowest BCUT2D eigenvalue weighted by atomic mass is 10.3. The van der Waals surface area contributed by atoms with Gasteiger partial charge in [0.25, 0.3) is 0 Å². The number of carbonyl (C=O) groups excluding carboxylic acids is 1. The van der Waals surface area contributed by atoms with Gasteiger partial charge in [-0.15, -0.1) is 0 Å². The fourth-order valence-electron chi connectivity index (χ4n) is 6.93. The van der Waals surface area contributed by atoms with Crippen molar-refractivity contribution in [1.82, 2.24) is 0 Å². The Morgan fingerprint density at radius 1 is 0.233 bits per heavy atom. The SMILES string of the molecule is C=C(C)C(=O)OCC(C)OCC(C)OCC(C)OCC(C)OCC(C)OCC(C)OCC(C)OCC(C)OCC(C)OCC(C)OCC(C)OCC(C)OCC(C)OCC(C)OCC(C)OCC(C)OCC(C)OCC(C)OCC(C)OCC(C)O. The molecule has 0 radical (unpaired) electrons. The Bertz CT molecular complexity index is 1590. The van der Waals surface area contributed by atoms with E-state index in [0.717, 1.165) is 0 Å². The highest BCUT2D eigenvalue weighted by molar-refractivity contribution is 5.86. The maximum Gasteiger partial charge on any atom is 0.333 e. The normalized spacial score (nSPS) is 19.3. The number of aliphatic hydroxyl groups is 1. The van der Waals surface area contributed by atoms with Crippen LogP contribution in [-0.2, 0) is 99.5 Å². The summed E-state index contributed by atoms with van der Waals surface area (Å²) < 4.78 is 118. The molecule has 86 heavy (non-hydrogen) atoms. The minimum absolute atomic E-state index is 0.0925. The zero-order chi connectivity index (χ0) is 65.0. The lowest BCUT2D eigenvalue weighted by molar-refractivity contribution is -0.144. The third-order valence-electron chi connectivity index (χ3n) is 12.5. The van der Waals surface area contributed by atoms with Crippen molar-refractivity contribution in [3.05, 3.63) is 12.2 Å². The summed E-state index contributed by atoms with van der Waals surface area (Å²) >= 11 is 0. The van der Waals surface area contributed by atoms with Crippen molar-refractivity contribution >= 4 is 5.97 Å². The molecule has 22 heteroatoms. The van der Waals surface area contributed by atoms with Gasteiger partial charge < -0.3 is 99.8 Å². The Kier molecular flexibility index (Phi) is 51.0. The van der Waals surface area contributed by atoms with Gasteiger partial charge in [-0.3, -0.25) is 0 Å².